The fourth-order valence-electron chi connectivity index (χ4n) is 4.29. The molecule has 2 aromatic carbocycles. The number of amides is 2. The second-order valence-corrected chi connectivity index (χ2v) is 8.26. The summed E-state index contributed by atoms with van der Waals surface area (Å²) in [7, 11) is 0. The lowest BCUT2D eigenvalue weighted by molar-refractivity contribution is -0.163. The predicted molar refractivity (Wildman–Crippen MR) is 110 cm³/mol. The van der Waals surface area contributed by atoms with Gasteiger partial charge in [-0.15, -0.1) is 0 Å². The lowest BCUT2D eigenvalue weighted by Gasteiger charge is -2.36. The molecule has 2 heterocycles. The highest BCUT2D eigenvalue weighted by Gasteiger charge is 2.57. The summed E-state index contributed by atoms with van der Waals surface area (Å²) in [6.07, 6.45) is -4.43. The zero-order valence-corrected chi connectivity index (χ0v) is 17.6. The van der Waals surface area contributed by atoms with E-state index in [0.717, 1.165) is 17.7 Å². The van der Waals surface area contributed by atoms with E-state index in [-0.39, 0.29) is 38.0 Å². The molecule has 2 atom stereocenters. The molecule has 10 heteroatoms. The molecular weight excluding hydrogens is 442 g/mol. The minimum Gasteiger partial charge on any atom is -0.361 e. The summed E-state index contributed by atoms with van der Waals surface area (Å²) >= 11 is 0. The third-order valence-electron chi connectivity index (χ3n) is 5.98. The van der Waals surface area contributed by atoms with Crippen molar-refractivity contribution in [1.29, 1.82) is 0 Å². The van der Waals surface area contributed by atoms with Crippen molar-refractivity contribution in [3.8, 4) is 0 Å². The predicted octanol–water partition coefficient (Wildman–Crippen LogP) is 2.48. The van der Waals surface area contributed by atoms with Crippen molar-refractivity contribution in [3.63, 3.8) is 0 Å². The Morgan fingerprint density at radius 2 is 1.79 bits per heavy atom. The zero-order valence-electron chi connectivity index (χ0n) is 17.6. The van der Waals surface area contributed by atoms with Gasteiger partial charge in [0, 0.05) is 32.7 Å². The molecule has 0 saturated carbocycles. The Balaban J connectivity index is 1.46. The van der Waals surface area contributed by atoms with Crippen molar-refractivity contribution in [2.24, 2.45) is 5.92 Å². The number of carbonyl (C=O) groups is 2. The standard InChI is InChI=1S/C23H23F4N3O3/c24-18-7-3-16(4-8-18)12-30-13-19(22(14-30)21(32)28-9-10-33-22)20(31)29-11-15-1-5-17(6-2-15)23(25,26)27/h1-8,19H,9-14H2,(H,28,32)(H,29,31)/t19-,22-/m1/s1. The maximum atomic E-state index is 13.2. The van der Waals surface area contributed by atoms with Gasteiger partial charge in [0.05, 0.1) is 18.1 Å². The highest BCUT2D eigenvalue weighted by molar-refractivity contribution is 5.94. The van der Waals surface area contributed by atoms with Crippen LogP contribution in [0.4, 0.5) is 17.6 Å². The van der Waals surface area contributed by atoms with E-state index in [2.05, 4.69) is 10.6 Å². The van der Waals surface area contributed by atoms with Gasteiger partial charge in [-0.1, -0.05) is 24.3 Å². The summed E-state index contributed by atoms with van der Waals surface area (Å²) in [6.45, 7) is 1.46. The van der Waals surface area contributed by atoms with E-state index < -0.39 is 29.2 Å². The van der Waals surface area contributed by atoms with Crippen LogP contribution in [0.3, 0.4) is 0 Å². The van der Waals surface area contributed by atoms with Crippen LogP contribution in [0.1, 0.15) is 16.7 Å². The minimum atomic E-state index is -4.43. The minimum absolute atomic E-state index is 0.0170. The molecule has 2 fully saturated rings. The summed E-state index contributed by atoms with van der Waals surface area (Å²) in [4.78, 5) is 27.8. The van der Waals surface area contributed by atoms with Crippen LogP contribution >= 0.6 is 0 Å². The number of rotatable bonds is 5. The molecule has 2 aliphatic heterocycles. The van der Waals surface area contributed by atoms with Crippen molar-refractivity contribution in [1.82, 2.24) is 15.5 Å². The second kappa shape index (κ2) is 9.11. The Bertz CT molecular complexity index is 1010. The van der Waals surface area contributed by atoms with E-state index in [1.807, 2.05) is 4.90 Å². The molecule has 1 spiro atoms. The van der Waals surface area contributed by atoms with Crippen LogP contribution in [0.5, 0.6) is 0 Å². The summed E-state index contributed by atoms with van der Waals surface area (Å²) in [5.41, 5.74) is -0.798. The highest BCUT2D eigenvalue weighted by Crippen LogP contribution is 2.35. The van der Waals surface area contributed by atoms with Gasteiger partial charge in [-0.3, -0.25) is 14.5 Å². The second-order valence-electron chi connectivity index (χ2n) is 8.26. The van der Waals surface area contributed by atoms with E-state index >= 15 is 0 Å². The largest absolute Gasteiger partial charge is 0.416 e. The van der Waals surface area contributed by atoms with Crippen molar-refractivity contribution >= 4 is 11.8 Å². The van der Waals surface area contributed by atoms with Crippen molar-refractivity contribution in [2.45, 2.75) is 24.9 Å². The lowest BCUT2D eigenvalue weighted by Crippen LogP contribution is -2.61. The molecule has 0 aromatic heterocycles. The van der Waals surface area contributed by atoms with Gasteiger partial charge < -0.3 is 15.4 Å². The first-order valence-corrected chi connectivity index (χ1v) is 10.5. The van der Waals surface area contributed by atoms with Gasteiger partial charge in [0.15, 0.2) is 5.60 Å². The number of morpholine rings is 1. The number of nitrogens with one attached hydrogen (secondary N) is 2. The fraction of sp³-hybridized carbons (Fsp3) is 0.391. The smallest absolute Gasteiger partial charge is 0.361 e. The summed E-state index contributed by atoms with van der Waals surface area (Å²) in [5.74, 6) is -1.96. The molecule has 0 bridgehead atoms. The normalized spacial score (nSPS) is 23.5. The monoisotopic (exact) mass is 465 g/mol. The molecule has 0 unspecified atom stereocenters. The number of hydrogen-bond donors (Lipinski definition) is 2. The van der Waals surface area contributed by atoms with Crippen molar-refractivity contribution < 1.29 is 31.9 Å². The molecule has 0 radical (unpaired) electrons. The number of carbonyl (C=O) groups excluding carboxylic acids is 2. The van der Waals surface area contributed by atoms with Gasteiger partial charge >= 0.3 is 6.18 Å². The van der Waals surface area contributed by atoms with Crippen LogP contribution < -0.4 is 10.6 Å². The molecule has 33 heavy (non-hydrogen) atoms. The van der Waals surface area contributed by atoms with Crippen molar-refractivity contribution in [2.75, 3.05) is 26.2 Å². The summed E-state index contributed by atoms with van der Waals surface area (Å²) < 4.78 is 57.3. The molecule has 2 amide bonds. The average Bonchev–Trinajstić information content (AvgIpc) is 3.14. The molecule has 2 saturated heterocycles. The zero-order chi connectivity index (χ0) is 23.6. The van der Waals surface area contributed by atoms with E-state index in [0.29, 0.717) is 18.7 Å². The van der Waals surface area contributed by atoms with Crippen LogP contribution in [0.2, 0.25) is 0 Å². The molecular formula is C23H23F4N3O3. The topological polar surface area (TPSA) is 70.7 Å². The van der Waals surface area contributed by atoms with E-state index in [9.17, 15) is 27.2 Å². The van der Waals surface area contributed by atoms with Crippen LogP contribution in [0, 0.1) is 11.7 Å². The Labute approximate surface area is 187 Å². The van der Waals surface area contributed by atoms with Gasteiger partial charge in [-0.2, -0.15) is 13.2 Å². The first-order valence-electron chi connectivity index (χ1n) is 10.5. The van der Waals surface area contributed by atoms with Crippen LogP contribution in [0.25, 0.3) is 0 Å². The Kier molecular flexibility index (Phi) is 6.40. The third kappa shape index (κ3) is 5.01. The highest BCUT2D eigenvalue weighted by atomic mass is 19.4. The number of nitrogens with zero attached hydrogens (tertiary/aromatic N) is 1. The first-order chi connectivity index (χ1) is 15.7. The van der Waals surface area contributed by atoms with Crippen LogP contribution in [-0.2, 0) is 33.6 Å². The lowest BCUT2D eigenvalue weighted by atomic mass is 9.87. The summed E-state index contributed by atoms with van der Waals surface area (Å²) in [5, 5.41) is 5.49. The Hall–Kier alpha value is -2.98. The molecule has 0 aliphatic carbocycles. The van der Waals surface area contributed by atoms with Crippen LogP contribution in [0.15, 0.2) is 48.5 Å². The summed E-state index contributed by atoms with van der Waals surface area (Å²) in [6, 6.07) is 10.5. The van der Waals surface area contributed by atoms with Gasteiger partial charge in [-0.05, 0) is 35.4 Å². The van der Waals surface area contributed by atoms with Gasteiger partial charge in [0.1, 0.15) is 5.82 Å². The third-order valence-corrected chi connectivity index (χ3v) is 5.98. The quantitative estimate of drug-likeness (QED) is 0.666. The maximum Gasteiger partial charge on any atom is 0.416 e. The molecule has 2 N–H and O–H groups in total. The number of halogens is 4. The number of ether oxygens (including phenoxy) is 1. The molecule has 4 rings (SSSR count). The SMILES string of the molecule is O=C(NCc1ccc(C(F)(F)F)cc1)[C@H]1CN(Cc2ccc(F)cc2)C[C@@]12OCCNC2=O. The first kappa shape index (κ1) is 23.2. The number of benzene rings is 2. The fourth-order valence-corrected chi connectivity index (χ4v) is 4.29. The Morgan fingerprint density at radius 3 is 2.42 bits per heavy atom. The van der Waals surface area contributed by atoms with E-state index in [1.54, 1.807) is 12.1 Å². The number of alkyl halides is 3. The maximum absolute atomic E-state index is 13.2. The van der Waals surface area contributed by atoms with Gasteiger partial charge in [-0.25, -0.2) is 4.39 Å². The molecule has 6 nitrogen and oxygen atoms in total. The Morgan fingerprint density at radius 1 is 1.12 bits per heavy atom. The molecule has 2 aliphatic rings. The van der Waals surface area contributed by atoms with E-state index in [4.69, 9.17) is 4.74 Å². The number of hydrogen-bond acceptors (Lipinski definition) is 4. The molecule has 176 valence electrons. The molecule has 2 aromatic rings. The van der Waals surface area contributed by atoms with Crippen molar-refractivity contribution in [3.05, 3.63) is 71.0 Å². The van der Waals surface area contributed by atoms with Gasteiger partial charge in [0.25, 0.3) is 5.91 Å². The van der Waals surface area contributed by atoms with E-state index in [1.165, 1.54) is 24.3 Å². The number of likely N-dealkylation sites (tertiary alicyclic amines) is 1. The van der Waals surface area contributed by atoms with Crippen LogP contribution in [-0.4, -0.2) is 48.6 Å². The average molecular weight is 465 g/mol. The van der Waals surface area contributed by atoms with Gasteiger partial charge in [0.2, 0.25) is 5.91 Å².